The third kappa shape index (κ3) is 7.41. The number of anilines is 2. The molecule has 0 bridgehead atoms. The molecule has 2 aromatic carbocycles. The Balaban J connectivity index is 0.00000160. The summed E-state index contributed by atoms with van der Waals surface area (Å²) in [6, 6.07) is 11.6. The third-order valence-electron chi connectivity index (χ3n) is 8.97. The summed E-state index contributed by atoms with van der Waals surface area (Å²) in [5.41, 5.74) is 0.793. The number of aromatic nitrogens is 3. The van der Waals surface area contributed by atoms with E-state index in [1.54, 1.807) is 25.1 Å². The molecule has 5 rings (SSSR count). The summed E-state index contributed by atoms with van der Waals surface area (Å²) in [7, 11) is 5.57. The molecule has 2 heterocycles. The van der Waals surface area contributed by atoms with Gasteiger partial charge in [-0.2, -0.15) is 18.4 Å². The van der Waals surface area contributed by atoms with Crippen molar-refractivity contribution in [3.05, 3.63) is 86.5 Å². The lowest BCUT2D eigenvalue weighted by Gasteiger charge is -2.36. The first-order valence-electron chi connectivity index (χ1n) is 15.2. The number of ether oxygens (including phenoxy) is 1. The van der Waals surface area contributed by atoms with E-state index in [1.165, 1.54) is 40.0 Å². The number of aromatic amines is 1. The zero-order chi connectivity index (χ0) is 34.5. The van der Waals surface area contributed by atoms with E-state index in [0.717, 1.165) is 43.4 Å². The lowest BCUT2D eigenvalue weighted by atomic mass is 9.80. The molecule has 0 saturated heterocycles. The van der Waals surface area contributed by atoms with Crippen molar-refractivity contribution in [1.82, 2.24) is 14.8 Å². The highest BCUT2D eigenvalue weighted by molar-refractivity contribution is 5.93. The molecule has 1 aliphatic heterocycles. The number of allylic oxidation sites excluding steroid dienone is 1. The van der Waals surface area contributed by atoms with Gasteiger partial charge in [0.05, 0.1) is 50.0 Å². The number of rotatable bonds is 7. The van der Waals surface area contributed by atoms with Crippen LogP contribution >= 0.6 is 0 Å². The van der Waals surface area contributed by atoms with E-state index in [4.69, 9.17) is 14.6 Å². The van der Waals surface area contributed by atoms with Gasteiger partial charge in [0, 0.05) is 24.3 Å². The summed E-state index contributed by atoms with van der Waals surface area (Å²) in [6.45, 7) is 1.09. The first kappa shape index (κ1) is 35.0. The highest BCUT2D eigenvalue weighted by atomic mass is 19.4. The number of aryl methyl sites for hydroxylation is 1. The first-order valence-corrected chi connectivity index (χ1v) is 15.2. The second-order valence-corrected chi connectivity index (χ2v) is 11.9. The maximum absolute atomic E-state index is 13.6. The van der Waals surface area contributed by atoms with E-state index in [0.29, 0.717) is 29.5 Å². The van der Waals surface area contributed by atoms with Gasteiger partial charge in [-0.15, -0.1) is 5.10 Å². The molecule has 0 spiro atoms. The van der Waals surface area contributed by atoms with Crippen LogP contribution in [0, 0.1) is 17.2 Å². The second-order valence-electron chi connectivity index (χ2n) is 11.9. The van der Waals surface area contributed by atoms with Gasteiger partial charge >= 0.3 is 17.8 Å². The number of nitriles is 1. The quantitative estimate of drug-likeness (QED) is 0.292. The van der Waals surface area contributed by atoms with Gasteiger partial charge in [0.15, 0.2) is 0 Å². The number of nitrogens with zero attached hydrogens (tertiary/aromatic N) is 4. The number of hydrogen-bond acceptors (Lipinski definition) is 8. The number of esters is 1. The van der Waals surface area contributed by atoms with Gasteiger partial charge in [0.2, 0.25) is 5.95 Å². The number of hydrogen-bond donors (Lipinski definition) is 2. The Hall–Kier alpha value is -4.90. The van der Waals surface area contributed by atoms with Crippen LogP contribution in [-0.4, -0.2) is 54.5 Å². The minimum absolute atomic E-state index is 0.0314. The average Bonchev–Trinajstić information content (AvgIpc) is 3.43. The molecule has 2 unspecified atom stereocenters. The smallest absolute Gasteiger partial charge is 0.416 e. The zero-order valence-corrected chi connectivity index (χ0v) is 26.6. The molecule has 11 nitrogen and oxygen atoms in total. The van der Waals surface area contributed by atoms with Crippen LogP contribution in [0.5, 0.6) is 0 Å². The van der Waals surface area contributed by atoms with E-state index >= 15 is 0 Å². The van der Waals surface area contributed by atoms with E-state index < -0.39 is 35.9 Å². The summed E-state index contributed by atoms with van der Waals surface area (Å²) in [4.78, 5) is 37.9. The van der Waals surface area contributed by atoms with Crippen LogP contribution in [0.4, 0.5) is 24.8 Å². The fraction of sp³-hybridized carbons (Fsp3) is 0.424. The molecule has 3 atom stereocenters. The Kier molecular flexibility index (Phi) is 10.9. The number of nitrogens with one attached hydrogen (secondary N) is 2. The number of carbonyl (C=O) groups excluding carboxylic acids is 2. The molecular formula is C33H37F3N6O5. The van der Waals surface area contributed by atoms with E-state index in [9.17, 15) is 28.0 Å². The average molecular weight is 655 g/mol. The summed E-state index contributed by atoms with van der Waals surface area (Å²) < 4.78 is 47.4. The van der Waals surface area contributed by atoms with Crippen LogP contribution in [0.3, 0.4) is 0 Å². The highest BCUT2D eigenvalue weighted by Gasteiger charge is 2.41. The van der Waals surface area contributed by atoms with Gasteiger partial charge in [0.1, 0.15) is 6.04 Å². The van der Waals surface area contributed by atoms with Crippen molar-refractivity contribution in [3.8, 4) is 6.07 Å². The van der Waals surface area contributed by atoms with Crippen molar-refractivity contribution in [2.24, 2.45) is 5.92 Å². The normalized spacial score (nSPS) is 19.4. The maximum Gasteiger partial charge on any atom is 0.416 e. The van der Waals surface area contributed by atoms with Gasteiger partial charge in [0.25, 0.3) is 0 Å². The molecule has 0 radical (unpaired) electrons. The number of fused-ring (bicyclic) bond motifs is 1. The number of benzene rings is 2. The van der Waals surface area contributed by atoms with Crippen LogP contribution in [0.25, 0.3) is 0 Å². The molecule has 3 aromatic rings. The number of halogens is 3. The Labute approximate surface area is 269 Å². The molecule has 14 heteroatoms. The lowest BCUT2D eigenvalue weighted by molar-refractivity contribution is -0.887. The van der Waals surface area contributed by atoms with Crippen LogP contribution in [0.1, 0.15) is 67.3 Å². The van der Waals surface area contributed by atoms with Crippen LogP contribution in [0.2, 0.25) is 0 Å². The first-order chi connectivity index (χ1) is 22.4. The van der Waals surface area contributed by atoms with Gasteiger partial charge in [-0.05, 0) is 86.4 Å². The van der Waals surface area contributed by atoms with Crippen LogP contribution in [0.15, 0.2) is 58.5 Å². The van der Waals surface area contributed by atoms with Gasteiger partial charge in [-0.3, -0.25) is 4.90 Å². The zero-order valence-electron chi connectivity index (χ0n) is 26.6. The molecular weight excluding hydrogens is 617 g/mol. The molecule has 0 amide bonds. The lowest BCUT2D eigenvalue weighted by Crippen LogP contribution is -3.10. The Morgan fingerprint density at radius 3 is 2.60 bits per heavy atom. The minimum Gasteiger partial charge on any atom is -0.554 e. The molecule has 2 N–H and O–H groups in total. The number of alkyl halides is 3. The van der Waals surface area contributed by atoms with E-state index in [2.05, 4.69) is 30.4 Å². The fourth-order valence-electron chi connectivity index (χ4n) is 6.67. The predicted octanol–water partition coefficient (Wildman–Crippen LogP) is 2.65. The molecule has 1 aliphatic carbocycles. The topological polar surface area (TPSA) is 149 Å². The summed E-state index contributed by atoms with van der Waals surface area (Å²) in [5, 5.41) is 24.6. The monoisotopic (exact) mass is 654 g/mol. The van der Waals surface area contributed by atoms with Gasteiger partial charge in [-0.1, -0.05) is 12.1 Å². The minimum atomic E-state index is -4.61. The van der Waals surface area contributed by atoms with Crippen molar-refractivity contribution in [2.75, 3.05) is 26.1 Å². The van der Waals surface area contributed by atoms with Crippen molar-refractivity contribution >= 4 is 24.1 Å². The molecule has 1 saturated carbocycles. The Bertz CT molecular complexity index is 1740. The fourth-order valence-corrected chi connectivity index (χ4v) is 6.67. The van der Waals surface area contributed by atoms with Gasteiger partial charge in [-0.25, -0.2) is 19.3 Å². The molecule has 1 aromatic heterocycles. The molecule has 1 fully saturated rings. The van der Waals surface area contributed by atoms with E-state index in [-0.39, 0.29) is 22.9 Å². The van der Waals surface area contributed by atoms with Crippen molar-refractivity contribution in [1.29, 1.82) is 5.26 Å². The number of quaternary nitrogens is 1. The standard InChI is InChI=1S/C32H35F3N6O3.CH2O2/c1-19-27(29(42)44-4)28(41-30(37-38-31(41)43)40(19)25-10-6-8-23(17-25)32(33,34)35)26-14-12-21(18-36)15-22(26)13-11-20-7-5-9-24(16-20)39(2)3;2-1-3/h6,8,10,12,14-15,17,20,24,28H,5,7,9,11,13,16H2,1-4H3,(H,38,43);1H,(H,2,3)/t20?,24?,28-;/m1./s1. The van der Waals surface area contributed by atoms with E-state index in [1.807, 2.05) is 0 Å². The van der Waals surface area contributed by atoms with Crippen LogP contribution < -0.4 is 20.6 Å². The number of carboxylic acid groups (broad SMARTS) is 1. The molecule has 250 valence electrons. The maximum atomic E-state index is 13.6. The third-order valence-corrected chi connectivity index (χ3v) is 8.97. The molecule has 47 heavy (non-hydrogen) atoms. The highest BCUT2D eigenvalue weighted by Crippen LogP contribution is 2.44. The van der Waals surface area contributed by atoms with Crippen LogP contribution in [-0.2, 0) is 26.9 Å². The number of H-pyrrole nitrogens is 1. The summed E-state index contributed by atoms with van der Waals surface area (Å²) in [6.07, 6.45) is 1.45. The summed E-state index contributed by atoms with van der Waals surface area (Å²) in [5.74, 6) is -0.207. The van der Waals surface area contributed by atoms with Crippen molar-refractivity contribution in [3.63, 3.8) is 0 Å². The van der Waals surface area contributed by atoms with Crippen molar-refractivity contribution in [2.45, 2.75) is 63.7 Å². The Morgan fingerprint density at radius 2 is 1.96 bits per heavy atom. The van der Waals surface area contributed by atoms with Crippen molar-refractivity contribution < 1.29 is 37.5 Å². The van der Waals surface area contributed by atoms with Gasteiger partial charge < -0.3 is 19.5 Å². The predicted molar refractivity (Wildman–Crippen MR) is 163 cm³/mol. The molecule has 2 aliphatic rings. The second kappa shape index (κ2) is 14.7. The number of methoxy groups -OCH3 is 1. The SMILES string of the molecule is COC(=O)C1=C(C)N(c2cccc(C(F)(F)F)c2)c2n[nH]c(=O)n2[C@@H]1c1ccc(C#N)cc1CCC1CCCC([NH+](C)C)C1.O=C[O-]. The Morgan fingerprint density at radius 1 is 1.23 bits per heavy atom. The largest absolute Gasteiger partial charge is 0.554 e. The summed E-state index contributed by atoms with van der Waals surface area (Å²) >= 11 is 0. The number of carbonyl (C=O) groups is 2.